The summed E-state index contributed by atoms with van der Waals surface area (Å²) in [5.41, 5.74) is 0.889. The van der Waals surface area contributed by atoms with Crippen LogP contribution in [0.1, 0.15) is 35.3 Å². The van der Waals surface area contributed by atoms with Crippen LogP contribution in [-0.4, -0.2) is 45.5 Å². The van der Waals surface area contributed by atoms with Crippen LogP contribution in [0, 0.1) is 18.3 Å². The third-order valence-corrected chi connectivity index (χ3v) is 7.99. The Labute approximate surface area is 189 Å². The topological polar surface area (TPSA) is 121 Å². The number of amides is 1. The number of hydrogen-bond acceptors (Lipinski definition) is 7. The highest BCUT2D eigenvalue weighted by Gasteiger charge is 2.62. The summed E-state index contributed by atoms with van der Waals surface area (Å²) >= 11 is 6.18. The first kappa shape index (κ1) is 21.0. The lowest BCUT2D eigenvalue weighted by Gasteiger charge is -2.09. The molecule has 2 saturated carbocycles. The number of carbonyl (C=O) groups is 1. The Kier molecular flexibility index (Phi) is 4.79. The van der Waals surface area contributed by atoms with Gasteiger partial charge in [-0.25, -0.2) is 22.8 Å². The molecule has 3 aromatic rings. The molecule has 3 aromatic heterocycles. The second-order valence-electron chi connectivity index (χ2n) is 8.33. The van der Waals surface area contributed by atoms with Crippen LogP contribution in [0.4, 0.5) is 0 Å². The van der Waals surface area contributed by atoms with Crippen molar-refractivity contribution in [1.82, 2.24) is 29.3 Å². The standard InChI is InChI=1S/C20H21ClN6O4S/c1-12-15(10-22-26(12)2)32(29,30)25-19(28)14-3-4-16(23-18(14)21)27-8-5-17(24-27)31-11-13-9-20(13)6-7-20/h3-5,8,10,13H,6-7,9,11H2,1-2H3,(H,25,28). The van der Waals surface area contributed by atoms with E-state index in [1.807, 2.05) is 4.72 Å². The summed E-state index contributed by atoms with van der Waals surface area (Å²) < 4.78 is 35.7. The van der Waals surface area contributed by atoms with Gasteiger partial charge >= 0.3 is 0 Å². The van der Waals surface area contributed by atoms with Crippen LogP contribution in [0.15, 0.2) is 35.5 Å². The van der Waals surface area contributed by atoms with E-state index in [0.29, 0.717) is 35.3 Å². The normalized spacial score (nSPS) is 18.5. The molecular weight excluding hydrogens is 456 g/mol. The molecule has 168 valence electrons. The van der Waals surface area contributed by atoms with E-state index < -0.39 is 15.9 Å². The maximum atomic E-state index is 12.6. The molecule has 0 aromatic carbocycles. The Morgan fingerprint density at radius 2 is 2.12 bits per heavy atom. The van der Waals surface area contributed by atoms with E-state index in [2.05, 4.69) is 15.2 Å². The number of aromatic nitrogens is 5. The second kappa shape index (κ2) is 7.31. The molecule has 0 radical (unpaired) electrons. The molecule has 2 aliphatic rings. The van der Waals surface area contributed by atoms with Crippen LogP contribution < -0.4 is 9.46 Å². The first-order chi connectivity index (χ1) is 15.2. The molecule has 32 heavy (non-hydrogen) atoms. The number of nitrogens with zero attached hydrogens (tertiary/aromatic N) is 5. The van der Waals surface area contributed by atoms with E-state index in [1.54, 1.807) is 26.2 Å². The van der Waals surface area contributed by atoms with Gasteiger partial charge in [-0.15, -0.1) is 5.10 Å². The van der Waals surface area contributed by atoms with Gasteiger partial charge in [-0.05, 0) is 49.7 Å². The van der Waals surface area contributed by atoms with Gasteiger partial charge in [-0.3, -0.25) is 9.48 Å². The fourth-order valence-corrected chi connectivity index (χ4v) is 5.24. The van der Waals surface area contributed by atoms with Gasteiger partial charge < -0.3 is 4.74 Å². The minimum atomic E-state index is -4.11. The molecule has 12 heteroatoms. The Bertz CT molecular complexity index is 1330. The minimum absolute atomic E-state index is 0.0763. The summed E-state index contributed by atoms with van der Waals surface area (Å²) in [5, 5.41) is 8.09. The number of sulfonamides is 1. The van der Waals surface area contributed by atoms with Crippen LogP contribution in [0.2, 0.25) is 5.15 Å². The van der Waals surface area contributed by atoms with Gasteiger partial charge in [0, 0.05) is 19.3 Å². The van der Waals surface area contributed by atoms with Crippen molar-refractivity contribution in [3.8, 4) is 11.7 Å². The van der Waals surface area contributed by atoms with Crippen molar-refractivity contribution in [3.63, 3.8) is 0 Å². The maximum absolute atomic E-state index is 12.6. The second-order valence-corrected chi connectivity index (χ2v) is 10.3. The van der Waals surface area contributed by atoms with E-state index in [4.69, 9.17) is 16.3 Å². The number of hydrogen-bond donors (Lipinski definition) is 1. The van der Waals surface area contributed by atoms with E-state index >= 15 is 0 Å². The van der Waals surface area contributed by atoms with Crippen molar-refractivity contribution < 1.29 is 17.9 Å². The van der Waals surface area contributed by atoms with Crippen molar-refractivity contribution in [2.75, 3.05) is 6.61 Å². The highest BCUT2D eigenvalue weighted by molar-refractivity contribution is 7.90. The molecule has 10 nitrogen and oxygen atoms in total. The summed E-state index contributed by atoms with van der Waals surface area (Å²) in [5.74, 6) is 0.604. The summed E-state index contributed by atoms with van der Waals surface area (Å²) in [6.07, 6.45) is 6.72. The highest BCUT2D eigenvalue weighted by atomic mass is 35.5. The maximum Gasteiger partial charge on any atom is 0.268 e. The van der Waals surface area contributed by atoms with Gasteiger partial charge in [0.05, 0.1) is 24.1 Å². The predicted octanol–water partition coefficient (Wildman–Crippen LogP) is 2.26. The van der Waals surface area contributed by atoms with E-state index in [1.165, 1.54) is 47.0 Å². The van der Waals surface area contributed by atoms with Gasteiger partial charge in [0.15, 0.2) is 5.82 Å². The molecular formula is C20H21ClN6O4S. The third kappa shape index (κ3) is 3.75. The first-order valence-electron chi connectivity index (χ1n) is 10.1. The molecule has 1 unspecified atom stereocenters. The number of aryl methyl sites for hydroxylation is 1. The van der Waals surface area contributed by atoms with E-state index in [-0.39, 0.29) is 15.6 Å². The quantitative estimate of drug-likeness (QED) is 0.519. The van der Waals surface area contributed by atoms with Crippen LogP contribution >= 0.6 is 11.6 Å². The van der Waals surface area contributed by atoms with Crippen molar-refractivity contribution >= 4 is 27.5 Å². The van der Waals surface area contributed by atoms with Crippen molar-refractivity contribution in [1.29, 1.82) is 0 Å². The van der Waals surface area contributed by atoms with Crippen molar-refractivity contribution in [3.05, 3.63) is 47.0 Å². The molecule has 0 saturated heterocycles. The zero-order valence-corrected chi connectivity index (χ0v) is 19.0. The lowest BCUT2D eigenvalue weighted by Crippen LogP contribution is -2.31. The zero-order chi connectivity index (χ0) is 22.7. The molecule has 1 N–H and O–H groups in total. The predicted molar refractivity (Wildman–Crippen MR) is 114 cm³/mol. The summed E-state index contributed by atoms with van der Waals surface area (Å²) in [6, 6.07) is 4.66. The number of nitrogens with one attached hydrogen (secondary N) is 1. The van der Waals surface area contributed by atoms with E-state index in [0.717, 1.165) is 0 Å². The first-order valence-corrected chi connectivity index (χ1v) is 12.0. The summed E-state index contributed by atoms with van der Waals surface area (Å²) in [7, 11) is -2.50. The number of halogens is 1. The van der Waals surface area contributed by atoms with E-state index in [9.17, 15) is 13.2 Å². The zero-order valence-electron chi connectivity index (χ0n) is 17.4. The number of pyridine rings is 1. The largest absolute Gasteiger partial charge is 0.476 e. The fourth-order valence-electron chi connectivity index (χ4n) is 3.83. The molecule has 5 rings (SSSR count). The Morgan fingerprint density at radius 1 is 1.34 bits per heavy atom. The van der Waals surface area contributed by atoms with Gasteiger partial charge in [0.25, 0.3) is 15.9 Å². The average molecular weight is 477 g/mol. The van der Waals surface area contributed by atoms with Gasteiger partial charge in [0.1, 0.15) is 10.0 Å². The third-order valence-electron chi connectivity index (χ3n) is 6.27. The molecule has 1 atom stereocenters. The molecule has 1 spiro atoms. The van der Waals surface area contributed by atoms with Crippen molar-refractivity contribution in [2.45, 2.75) is 31.1 Å². The number of carbonyl (C=O) groups excluding carboxylic acids is 1. The van der Waals surface area contributed by atoms with Crippen LogP contribution in [-0.2, 0) is 17.1 Å². The van der Waals surface area contributed by atoms with Crippen LogP contribution in [0.5, 0.6) is 5.88 Å². The Morgan fingerprint density at radius 3 is 2.75 bits per heavy atom. The molecule has 2 aliphatic carbocycles. The lowest BCUT2D eigenvalue weighted by molar-refractivity contribution is 0.0981. The Hall–Kier alpha value is -2.92. The summed E-state index contributed by atoms with van der Waals surface area (Å²) in [6.45, 7) is 2.25. The lowest BCUT2D eigenvalue weighted by atomic mass is 10.3. The number of ether oxygens (including phenoxy) is 1. The molecule has 2 fully saturated rings. The smallest absolute Gasteiger partial charge is 0.268 e. The van der Waals surface area contributed by atoms with Crippen LogP contribution in [0.3, 0.4) is 0 Å². The molecule has 1 amide bonds. The molecule has 3 heterocycles. The van der Waals surface area contributed by atoms with Crippen LogP contribution in [0.25, 0.3) is 5.82 Å². The fraction of sp³-hybridized carbons (Fsp3) is 0.400. The van der Waals surface area contributed by atoms with Gasteiger partial charge in [0.2, 0.25) is 5.88 Å². The van der Waals surface area contributed by atoms with Gasteiger partial charge in [-0.1, -0.05) is 11.6 Å². The Balaban J connectivity index is 1.27. The average Bonchev–Trinajstić information content (AvgIpc) is 3.56. The highest BCUT2D eigenvalue weighted by Crippen LogP contribution is 2.70. The SMILES string of the molecule is Cc1c(S(=O)(=O)NC(=O)c2ccc(-n3ccc(OCC4CC45CC5)n3)nc2Cl)cnn1C. The summed E-state index contributed by atoms with van der Waals surface area (Å²) in [4.78, 5) is 16.6. The molecule has 0 bridgehead atoms. The minimum Gasteiger partial charge on any atom is -0.476 e. The monoisotopic (exact) mass is 476 g/mol. The number of rotatable bonds is 7. The van der Waals surface area contributed by atoms with Crippen molar-refractivity contribution in [2.24, 2.45) is 18.4 Å². The molecule has 0 aliphatic heterocycles. The van der Waals surface area contributed by atoms with Gasteiger partial charge in [-0.2, -0.15) is 5.10 Å².